The van der Waals surface area contributed by atoms with E-state index in [1.165, 1.54) is 0 Å². The van der Waals surface area contributed by atoms with Gasteiger partial charge in [0.15, 0.2) is 5.69 Å². The summed E-state index contributed by atoms with van der Waals surface area (Å²) in [4.78, 5) is 16.0. The lowest BCUT2D eigenvalue weighted by Gasteiger charge is -2.16. The molecular formula is C14H15N3O2. The molecular weight excluding hydrogens is 242 g/mol. The SMILES string of the molecule is Cc1ccccc1-c1nc2n(c1C(=O)O)CCCN2. The Bertz CT molecular complexity index is 646. The Kier molecular flexibility index (Phi) is 2.74. The van der Waals surface area contributed by atoms with Crippen molar-refractivity contribution in [1.29, 1.82) is 0 Å². The quantitative estimate of drug-likeness (QED) is 0.866. The summed E-state index contributed by atoms with van der Waals surface area (Å²) in [5, 5.41) is 12.6. The first-order valence-corrected chi connectivity index (χ1v) is 6.32. The van der Waals surface area contributed by atoms with E-state index < -0.39 is 5.97 Å². The number of aromatic carboxylic acids is 1. The average Bonchev–Trinajstić information content (AvgIpc) is 2.78. The number of carboxylic acid groups (broad SMARTS) is 1. The Hall–Kier alpha value is -2.30. The molecule has 0 aliphatic carbocycles. The van der Waals surface area contributed by atoms with Gasteiger partial charge < -0.3 is 15.0 Å². The van der Waals surface area contributed by atoms with Gasteiger partial charge in [-0.3, -0.25) is 0 Å². The Morgan fingerprint density at radius 3 is 2.95 bits per heavy atom. The van der Waals surface area contributed by atoms with Crippen LogP contribution in [0.15, 0.2) is 24.3 Å². The molecule has 1 aromatic carbocycles. The van der Waals surface area contributed by atoms with Gasteiger partial charge in [-0.15, -0.1) is 0 Å². The second-order valence-corrected chi connectivity index (χ2v) is 4.68. The van der Waals surface area contributed by atoms with Crippen LogP contribution in [-0.2, 0) is 6.54 Å². The molecule has 2 aromatic rings. The lowest BCUT2D eigenvalue weighted by Crippen LogP contribution is -2.20. The van der Waals surface area contributed by atoms with Crippen molar-refractivity contribution >= 4 is 11.9 Å². The number of aryl methyl sites for hydroxylation is 1. The number of hydrogen-bond acceptors (Lipinski definition) is 3. The first-order valence-electron chi connectivity index (χ1n) is 6.32. The average molecular weight is 257 g/mol. The first kappa shape index (κ1) is 11.8. The molecule has 0 atom stereocenters. The summed E-state index contributed by atoms with van der Waals surface area (Å²) in [6, 6.07) is 7.72. The first-order chi connectivity index (χ1) is 9.18. The molecule has 1 aromatic heterocycles. The van der Waals surface area contributed by atoms with Crippen LogP contribution in [0.4, 0.5) is 5.95 Å². The molecule has 2 heterocycles. The third kappa shape index (κ3) is 1.87. The zero-order valence-electron chi connectivity index (χ0n) is 10.7. The fourth-order valence-electron chi connectivity index (χ4n) is 2.49. The Morgan fingerprint density at radius 1 is 1.42 bits per heavy atom. The van der Waals surface area contributed by atoms with Crippen LogP contribution in [0.5, 0.6) is 0 Å². The van der Waals surface area contributed by atoms with Crippen molar-refractivity contribution in [2.24, 2.45) is 0 Å². The van der Waals surface area contributed by atoms with Gasteiger partial charge in [0.2, 0.25) is 5.95 Å². The zero-order chi connectivity index (χ0) is 13.4. The fraction of sp³-hybridized carbons (Fsp3) is 0.286. The number of hydrogen-bond donors (Lipinski definition) is 2. The molecule has 5 nitrogen and oxygen atoms in total. The van der Waals surface area contributed by atoms with E-state index in [-0.39, 0.29) is 5.69 Å². The van der Waals surface area contributed by atoms with Gasteiger partial charge in [-0.25, -0.2) is 9.78 Å². The molecule has 0 fully saturated rings. The summed E-state index contributed by atoms with van der Waals surface area (Å²) in [6.07, 6.45) is 0.914. The van der Waals surface area contributed by atoms with Crippen molar-refractivity contribution in [2.75, 3.05) is 11.9 Å². The molecule has 0 saturated heterocycles. The predicted octanol–water partition coefficient (Wildman–Crippen LogP) is 2.37. The van der Waals surface area contributed by atoms with E-state index in [4.69, 9.17) is 0 Å². The van der Waals surface area contributed by atoms with Crippen molar-refractivity contribution < 1.29 is 9.90 Å². The van der Waals surface area contributed by atoms with Crippen LogP contribution in [-0.4, -0.2) is 27.2 Å². The van der Waals surface area contributed by atoms with Crippen LogP contribution in [0.3, 0.4) is 0 Å². The highest BCUT2D eigenvalue weighted by atomic mass is 16.4. The highest BCUT2D eigenvalue weighted by Crippen LogP contribution is 2.30. The summed E-state index contributed by atoms with van der Waals surface area (Å²) >= 11 is 0. The summed E-state index contributed by atoms with van der Waals surface area (Å²) in [6.45, 7) is 3.50. The monoisotopic (exact) mass is 257 g/mol. The number of nitrogens with zero attached hydrogens (tertiary/aromatic N) is 2. The van der Waals surface area contributed by atoms with Gasteiger partial charge in [0, 0.05) is 18.7 Å². The lowest BCUT2D eigenvalue weighted by molar-refractivity contribution is 0.0686. The number of aromatic nitrogens is 2. The number of carboxylic acids is 1. The van der Waals surface area contributed by atoms with Crippen LogP contribution < -0.4 is 5.32 Å². The number of carbonyl (C=O) groups is 1. The minimum Gasteiger partial charge on any atom is -0.477 e. The standard InChI is InChI=1S/C14H15N3O2/c1-9-5-2-3-6-10(9)11-12(13(18)19)17-8-4-7-15-14(17)16-11/h2-3,5-6H,4,7-8H2,1H3,(H,15,16)(H,18,19). The van der Waals surface area contributed by atoms with Gasteiger partial charge in [0.25, 0.3) is 0 Å². The Balaban J connectivity index is 2.24. The van der Waals surface area contributed by atoms with Crippen molar-refractivity contribution in [2.45, 2.75) is 19.9 Å². The number of nitrogens with one attached hydrogen (secondary N) is 1. The van der Waals surface area contributed by atoms with E-state index in [0.29, 0.717) is 18.2 Å². The van der Waals surface area contributed by atoms with Crippen LogP contribution in [0.2, 0.25) is 0 Å². The molecule has 0 unspecified atom stereocenters. The third-order valence-corrected chi connectivity index (χ3v) is 3.41. The van der Waals surface area contributed by atoms with Gasteiger partial charge in [-0.05, 0) is 18.9 Å². The summed E-state index contributed by atoms with van der Waals surface area (Å²) in [7, 11) is 0. The highest BCUT2D eigenvalue weighted by Gasteiger charge is 2.25. The number of anilines is 1. The molecule has 19 heavy (non-hydrogen) atoms. The summed E-state index contributed by atoms with van der Waals surface area (Å²) < 4.78 is 1.76. The molecule has 0 bridgehead atoms. The molecule has 98 valence electrons. The molecule has 0 radical (unpaired) electrons. The molecule has 0 amide bonds. The fourth-order valence-corrected chi connectivity index (χ4v) is 2.49. The predicted molar refractivity (Wildman–Crippen MR) is 72.5 cm³/mol. The Morgan fingerprint density at radius 2 is 2.21 bits per heavy atom. The maximum absolute atomic E-state index is 11.6. The number of fused-ring (bicyclic) bond motifs is 1. The summed E-state index contributed by atoms with van der Waals surface area (Å²) in [5.41, 5.74) is 2.73. The van der Waals surface area contributed by atoms with Gasteiger partial charge in [0.05, 0.1) is 0 Å². The van der Waals surface area contributed by atoms with E-state index in [0.717, 1.165) is 24.1 Å². The number of imidazole rings is 1. The molecule has 0 saturated carbocycles. The second-order valence-electron chi connectivity index (χ2n) is 4.68. The van der Waals surface area contributed by atoms with Crippen LogP contribution in [0.1, 0.15) is 22.5 Å². The van der Waals surface area contributed by atoms with E-state index in [9.17, 15) is 9.90 Å². The summed E-state index contributed by atoms with van der Waals surface area (Å²) in [5.74, 6) is -0.275. The van der Waals surface area contributed by atoms with Crippen molar-refractivity contribution in [3.63, 3.8) is 0 Å². The molecule has 2 N–H and O–H groups in total. The Labute approximate surface area is 110 Å². The zero-order valence-corrected chi connectivity index (χ0v) is 10.7. The number of rotatable bonds is 2. The molecule has 0 spiro atoms. The second kappa shape index (κ2) is 4.42. The molecule has 3 rings (SSSR count). The van der Waals surface area contributed by atoms with Gasteiger partial charge in [-0.1, -0.05) is 24.3 Å². The maximum atomic E-state index is 11.6. The van der Waals surface area contributed by atoms with Gasteiger partial charge >= 0.3 is 5.97 Å². The van der Waals surface area contributed by atoms with E-state index in [2.05, 4.69) is 10.3 Å². The maximum Gasteiger partial charge on any atom is 0.354 e. The minimum absolute atomic E-state index is 0.275. The van der Waals surface area contributed by atoms with Crippen molar-refractivity contribution in [1.82, 2.24) is 9.55 Å². The van der Waals surface area contributed by atoms with Crippen LogP contribution in [0.25, 0.3) is 11.3 Å². The van der Waals surface area contributed by atoms with E-state index >= 15 is 0 Å². The van der Waals surface area contributed by atoms with Gasteiger partial charge in [-0.2, -0.15) is 0 Å². The topological polar surface area (TPSA) is 67.2 Å². The molecule has 1 aliphatic rings. The molecule has 5 heteroatoms. The van der Waals surface area contributed by atoms with Crippen LogP contribution in [0, 0.1) is 6.92 Å². The molecule has 1 aliphatic heterocycles. The lowest BCUT2D eigenvalue weighted by atomic mass is 10.0. The third-order valence-electron chi connectivity index (χ3n) is 3.41. The normalized spacial score (nSPS) is 13.7. The van der Waals surface area contributed by atoms with Crippen molar-refractivity contribution in [3.05, 3.63) is 35.5 Å². The van der Waals surface area contributed by atoms with E-state index in [1.807, 2.05) is 31.2 Å². The van der Waals surface area contributed by atoms with E-state index in [1.54, 1.807) is 4.57 Å². The highest BCUT2D eigenvalue weighted by molar-refractivity contribution is 5.94. The smallest absolute Gasteiger partial charge is 0.354 e. The van der Waals surface area contributed by atoms with Crippen LogP contribution >= 0.6 is 0 Å². The number of benzene rings is 1. The van der Waals surface area contributed by atoms with Crippen molar-refractivity contribution in [3.8, 4) is 11.3 Å². The largest absolute Gasteiger partial charge is 0.477 e. The minimum atomic E-state index is -0.930. The van der Waals surface area contributed by atoms with Gasteiger partial charge in [0.1, 0.15) is 5.69 Å².